The molecule has 3 heteroatoms. The van der Waals surface area contributed by atoms with Gasteiger partial charge >= 0.3 is 0 Å². The highest BCUT2D eigenvalue weighted by atomic mass is 16.5. The Kier molecular flexibility index (Phi) is 2.40. The van der Waals surface area contributed by atoms with Crippen molar-refractivity contribution >= 4 is 0 Å². The number of hydrogen-bond acceptors (Lipinski definition) is 2. The number of fused-ring (bicyclic) bond motifs is 4. The second-order valence-electron chi connectivity index (χ2n) is 7.30. The van der Waals surface area contributed by atoms with E-state index in [2.05, 4.69) is 57.1 Å². The molecule has 1 saturated carbocycles. The van der Waals surface area contributed by atoms with Gasteiger partial charge in [0, 0.05) is 11.0 Å². The van der Waals surface area contributed by atoms with Crippen LogP contribution in [0.5, 0.6) is 5.88 Å². The molecule has 1 aliphatic carbocycles. The number of aromatic nitrogens is 2. The van der Waals surface area contributed by atoms with Crippen LogP contribution in [-0.4, -0.2) is 15.4 Å². The second kappa shape index (κ2) is 3.90. The maximum Gasteiger partial charge on any atom is 0.220 e. The molecule has 0 radical (unpaired) electrons. The number of benzene rings is 1. The molecule has 2 aliphatic rings. The van der Waals surface area contributed by atoms with Crippen LogP contribution in [0.25, 0.3) is 5.69 Å². The third-order valence-corrected chi connectivity index (χ3v) is 5.84. The zero-order valence-corrected chi connectivity index (χ0v) is 13.2. The summed E-state index contributed by atoms with van der Waals surface area (Å²) in [6.07, 6.45) is 4.32. The van der Waals surface area contributed by atoms with Crippen LogP contribution < -0.4 is 4.74 Å². The van der Waals surface area contributed by atoms with Crippen molar-refractivity contribution in [2.24, 2.45) is 5.41 Å². The van der Waals surface area contributed by atoms with Crippen LogP contribution in [0.1, 0.15) is 50.7 Å². The lowest BCUT2D eigenvalue weighted by atomic mass is 9.70. The maximum absolute atomic E-state index is 6.49. The third kappa shape index (κ3) is 1.57. The van der Waals surface area contributed by atoms with Crippen LogP contribution in [0.4, 0.5) is 0 Å². The molecule has 0 N–H and O–H groups in total. The highest BCUT2D eigenvalue weighted by molar-refractivity contribution is 5.45. The van der Waals surface area contributed by atoms with E-state index in [4.69, 9.17) is 4.74 Å². The molecule has 2 atom stereocenters. The summed E-state index contributed by atoms with van der Waals surface area (Å²) in [4.78, 5) is 0. The molecule has 0 spiro atoms. The predicted molar refractivity (Wildman–Crippen MR) is 83.1 cm³/mol. The van der Waals surface area contributed by atoms with Gasteiger partial charge in [-0.2, -0.15) is 5.10 Å². The molecule has 0 unspecified atom stereocenters. The van der Waals surface area contributed by atoms with Crippen molar-refractivity contribution < 1.29 is 4.74 Å². The van der Waals surface area contributed by atoms with E-state index in [-0.39, 0.29) is 11.0 Å². The van der Waals surface area contributed by atoms with Gasteiger partial charge in [0.1, 0.15) is 5.60 Å². The normalized spacial score (nSPS) is 29.0. The minimum atomic E-state index is -0.0910. The van der Waals surface area contributed by atoms with Crippen LogP contribution in [0, 0.1) is 12.3 Å². The van der Waals surface area contributed by atoms with Gasteiger partial charge in [-0.1, -0.05) is 26.0 Å². The highest BCUT2D eigenvalue weighted by Crippen LogP contribution is 2.61. The van der Waals surface area contributed by atoms with Crippen molar-refractivity contribution in [3.63, 3.8) is 0 Å². The quantitative estimate of drug-likeness (QED) is 0.782. The van der Waals surface area contributed by atoms with Crippen LogP contribution in [0.15, 0.2) is 30.5 Å². The summed E-state index contributed by atoms with van der Waals surface area (Å²) in [5.41, 5.74) is 3.67. The first kappa shape index (κ1) is 12.9. The number of nitrogens with zero attached hydrogens (tertiary/aromatic N) is 2. The Bertz CT molecular complexity index is 716. The van der Waals surface area contributed by atoms with E-state index in [0.29, 0.717) is 5.92 Å². The Morgan fingerprint density at radius 3 is 2.86 bits per heavy atom. The standard InChI is InChI=1S/C18H22N2O/c1-12-6-5-7-13(10-12)20-16-14(11-19-20)15-8-9-18(4,21-16)17(15,2)3/h5-7,10-11,15H,8-9H2,1-4H3/t15-,18-/m1/s1. The van der Waals surface area contributed by atoms with Crippen LogP contribution in [0.2, 0.25) is 0 Å². The zero-order chi connectivity index (χ0) is 14.8. The minimum Gasteiger partial charge on any atom is -0.470 e. The summed E-state index contributed by atoms with van der Waals surface area (Å²) in [6.45, 7) is 9.02. The Balaban J connectivity index is 1.88. The molecule has 1 fully saturated rings. The highest BCUT2D eigenvalue weighted by Gasteiger charge is 2.58. The van der Waals surface area contributed by atoms with Crippen molar-refractivity contribution in [1.82, 2.24) is 9.78 Å². The molecule has 0 saturated heterocycles. The topological polar surface area (TPSA) is 27.1 Å². The Labute approximate surface area is 125 Å². The molecule has 2 bridgehead atoms. The predicted octanol–water partition coefficient (Wildman–Crippen LogP) is 4.24. The zero-order valence-electron chi connectivity index (χ0n) is 13.2. The van der Waals surface area contributed by atoms with Gasteiger partial charge in [-0.25, -0.2) is 4.68 Å². The fourth-order valence-electron chi connectivity index (χ4n) is 4.05. The van der Waals surface area contributed by atoms with Gasteiger partial charge in [0.05, 0.1) is 11.9 Å². The van der Waals surface area contributed by atoms with E-state index in [9.17, 15) is 0 Å². The average molecular weight is 282 g/mol. The molecule has 0 amide bonds. The van der Waals surface area contributed by atoms with E-state index in [0.717, 1.165) is 18.0 Å². The van der Waals surface area contributed by atoms with Crippen molar-refractivity contribution in [3.05, 3.63) is 41.6 Å². The van der Waals surface area contributed by atoms with Crippen molar-refractivity contribution in [1.29, 1.82) is 0 Å². The van der Waals surface area contributed by atoms with Gasteiger partial charge in [0.2, 0.25) is 5.88 Å². The lowest BCUT2D eigenvalue weighted by molar-refractivity contribution is -0.0281. The van der Waals surface area contributed by atoms with Gasteiger partial charge < -0.3 is 4.74 Å². The molecule has 2 heterocycles. The first-order valence-corrected chi connectivity index (χ1v) is 7.76. The van der Waals surface area contributed by atoms with E-state index >= 15 is 0 Å². The average Bonchev–Trinajstić information content (AvgIpc) is 2.85. The van der Waals surface area contributed by atoms with Crippen LogP contribution in [0.3, 0.4) is 0 Å². The van der Waals surface area contributed by atoms with Gasteiger partial charge in [-0.15, -0.1) is 0 Å². The van der Waals surface area contributed by atoms with Crippen molar-refractivity contribution in [2.45, 2.75) is 52.1 Å². The van der Waals surface area contributed by atoms with Crippen LogP contribution in [-0.2, 0) is 0 Å². The van der Waals surface area contributed by atoms with Gasteiger partial charge in [0.25, 0.3) is 0 Å². The summed E-state index contributed by atoms with van der Waals surface area (Å²) in [5.74, 6) is 1.50. The number of rotatable bonds is 1. The van der Waals surface area contributed by atoms with Crippen molar-refractivity contribution in [2.75, 3.05) is 0 Å². The lowest BCUT2D eigenvalue weighted by Crippen LogP contribution is -2.47. The molecule has 1 aromatic carbocycles. The fourth-order valence-corrected chi connectivity index (χ4v) is 4.05. The Morgan fingerprint density at radius 2 is 2.10 bits per heavy atom. The lowest BCUT2D eigenvalue weighted by Gasteiger charge is -2.45. The van der Waals surface area contributed by atoms with Gasteiger partial charge in [0.15, 0.2) is 0 Å². The molecular weight excluding hydrogens is 260 g/mol. The molecule has 110 valence electrons. The first-order valence-electron chi connectivity index (χ1n) is 7.76. The molecule has 4 rings (SSSR count). The smallest absolute Gasteiger partial charge is 0.220 e. The summed E-state index contributed by atoms with van der Waals surface area (Å²) in [5, 5.41) is 4.62. The van der Waals surface area contributed by atoms with Gasteiger partial charge in [-0.3, -0.25) is 0 Å². The summed E-state index contributed by atoms with van der Waals surface area (Å²) < 4.78 is 8.46. The summed E-state index contributed by atoms with van der Waals surface area (Å²) >= 11 is 0. The molecule has 1 aromatic heterocycles. The Morgan fingerprint density at radius 1 is 1.29 bits per heavy atom. The monoisotopic (exact) mass is 282 g/mol. The fraction of sp³-hybridized carbons (Fsp3) is 0.500. The molecule has 1 aliphatic heterocycles. The van der Waals surface area contributed by atoms with E-state index in [1.807, 2.05) is 10.9 Å². The SMILES string of the molecule is Cc1cccc(-n2ncc3c2O[C@]2(C)CC[C@H]3C2(C)C)c1. The molecular formula is C18H22N2O. The molecule has 21 heavy (non-hydrogen) atoms. The number of ether oxygens (including phenoxy) is 1. The summed E-state index contributed by atoms with van der Waals surface area (Å²) in [6, 6.07) is 8.42. The largest absolute Gasteiger partial charge is 0.470 e. The third-order valence-electron chi connectivity index (χ3n) is 5.84. The van der Waals surface area contributed by atoms with E-state index in [1.54, 1.807) is 0 Å². The number of aryl methyl sites for hydroxylation is 1. The minimum absolute atomic E-state index is 0.0910. The molecule has 3 nitrogen and oxygen atoms in total. The van der Waals surface area contributed by atoms with Gasteiger partial charge in [-0.05, 0) is 50.3 Å². The second-order valence-corrected chi connectivity index (χ2v) is 7.30. The van der Waals surface area contributed by atoms with E-state index in [1.165, 1.54) is 17.5 Å². The maximum atomic E-state index is 6.49. The summed E-state index contributed by atoms with van der Waals surface area (Å²) in [7, 11) is 0. The van der Waals surface area contributed by atoms with Crippen LogP contribution >= 0.6 is 0 Å². The Hall–Kier alpha value is -1.77. The number of hydrogen-bond donors (Lipinski definition) is 0. The molecule has 2 aromatic rings. The first-order chi connectivity index (χ1) is 9.92. The van der Waals surface area contributed by atoms with E-state index < -0.39 is 0 Å². The van der Waals surface area contributed by atoms with Crippen molar-refractivity contribution in [3.8, 4) is 11.6 Å².